The van der Waals surface area contributed by atoms with Crippen LogP contribution in [0.15, 0.2) is 18.2 Å². The van der Waals surface area contributed by atoms with Crippen molar-refractivity contribution in [3.8, 4) is 0 Å². The van der Waals surface area contributed by atoms with Crippen molar-refractivity contribution in [1.29, 1.82) is 0 Å². The van der Waals surface area contributed by atoms with Crippen LogP contribution >= 0.6 is 0 Å². The summed E-state index contributed by atoms with van der Waals surface area (Å²) in [6, 6.07) is 5.40. The molecule has 0 aliphatic heterocycles. The van der Waals surface area contributed by atoms with E-state index in [-0.39, 0.29) is 11.4 Å². The van der Waals surface area contributed by atoms with Crippen LogP contribution in [0.5, 0.6) is 0 Å². The van der Waals surface area contributed by atoms with Gasteiger partial charge in [-0.2, -0.15) is 0 Å². The Balaban J connectivity index is 2.11. The van der Waals surface area contributed by atoms with Gasteiger partial charge < -0.3 is 11.1 Å². The molecule has 1 amide bonds. The molecule has 0 atom stereocenters. The first kappa shape index (κ1) is 11.0. The third kappa shape index (κ3) is 2.03. The molecule has 86 valence electrons. The number of hydrogen-bond acceptors (Lipinski definition) is 2. The largest absolute Gasteiger partial charge is 0.399 e. The highest BCUT2D eigenvalue weighted by molar-refractivity contribution is 5.95. The Bertz CT molecular complexity index is 422. The molecule has 1 aromatic rings. The zero-order chi connectivity index (χ0) is 11.8. The van der Waals surface area contributed by atoms with E-state index < -0.39 is 0 Å². The van der Waals surface area contributed by atoms with Gasteiger partial charge in [0.15, 0.2) is 0 Å². The number of hydrogen-bond donors (Lipinski definition) is 2. The molecule has 0 bridgehead atoms. The van der Waals surface area contributed by atoms with Crippen molar-refractivity contribution >= 4 is 11.6 Å². The Kier molecular flexibility index (Phi) is 2.62. The predicted molar refractivity (Wildman–Crippen MR) is 65.3 cm³/mol. The van der Waals surface area contributed by atoms with Crippen LogP contribution in [-0.4, -0.2) is 11.4 Å². The van der Waals surface area contributed by atoms with Crippen LogP contribution in [0.4, 0.5) is 5.69 Å². The van der Waals surface area contributed by atoms with Gasteiger partial charge in [0, 0.05) is 16.8 Å². The molecule has 1 aromatic carbocycles. The number of rotatable bonds is 2. The third-order valence-corrected chi connectivity index (χ3v) is 3.40. The van der Waals surface area contributed by atoms with Crippen molar-refractivity contribution in [3.05, 3.63) is 29.3 Å². The maximum Gasteiger partial charge on any atom is 0.251 e. The van der Waals surface area contributed by atoms with Crippen LogP contribution in [0.1, 0.15) is 42.1 Å². The van der Waals surface area contributed by atoms with Gasteiger partial charge in [0.05, 0.1) is 0 Å². The fraction of sp³-hybridized carbons (Fsp3) is 0.462. The van der Waals surface area contributed by atoms with E-state index in [1.165, 1.54) is 6.42 Å². The molecule has 0 heterocycles. The summed E-state index contributed by atoms with van der Waals surface area (Å²) in [5.74, 6) is 0.00491. The van der Waals surface area contributed by atoms with Crippen molar-refractivity contribution in [2.75, 3.05) is 5.73 Å². The standard InChI is InChI=1S/C13H18N2O/c1-9-8-10(4-5-11(9)14)12(16)15-13(2)6-3-7-13/h4-5,8H,3,6-7,14H2,1-2H3,(H,15,16). The molecular weight excluding hydrogens is 200 g/mol. The van der Waals surface area contributed by atoms with Crippen LogP contribution in [0.25, 0.3) is 0 Å². The Morgan fingerprint density at radius 3 is 2.62 bits per heavy atom. The molecule has 0 unspecified atom stereocenters. The molecule has 1 fully saturated rings. The first-order chi connectivity index (χ1) is 7.50. The second-order valence-electron chi connectivity index (χ2n) is 4.94. The summed E-state index contributed by atoms with van der Waals surface area (Å²) >= 11 is 0. The number of anilines is 1. The number of nitrogens with two attached hydrogens (primary N) is 1. The highest BCUT2D eigenvalue weighted by Crippen LogP contribution is 2.31. The maximum atomic E-state index is 12.0. The lowest BCUT2D eigenvalue weighted by Crippen LogP contribution is -2.50. The molecule has 0 radical (unpaired) electrons. The van der Waals surface area contributed by atoms with Gasteiger partial charge in [0.25, 0.3) is 5.91 Å². The van der Waals surface area contributed by atoms with E-state index in [0.29, 0.717) is 5.56 Å². The summed E-state index contributed by atoms with van der Waals surface area (Å²) in [6.45, 7) is 4.01. The quantitative estimate of drug-likeness (QED) is 0.748. The van der Waals surface area contributed by atoms with Gasteiger partial charge in [-0.25, -0.2) is 0 Å². The average molecular weight is 218 g/mol. The Morgan fingerprint density at radius 2 is 2.12 bits per heavy atom. The Morgan fingerprint density at radius 1 is 1.44 bits per heavy atom. The van der Waals surface area contributed by atoms with Crippen molar-refractivity contribution in [2.45, 2.75) is 38.6 Å². The Hall–Kier alpha value is -1.51. The number of aryl methyl sites for hydroxylation is 1. The van der Waals surface area contributed by atoms with Crippen molar-refractivity contribution in [1.82, 2.24) is 5.32 Å². The zero-order valence-electron chi connectivity index (χ0n) is 9.84. The number of carbonyl (C=O) groups excluding carboxylic acids is 1. The van der Waals surface area contributed by atoms with E-state index in [0.717, 1.165) is 24.1 Å². The van der Waals surface area contributed by atoms with Gasteiger partial charge in [-0.15, -0.1) is 0 Å². The summed E-state index contributed by atoms with van der Waals surface area (Å²) in [5.41, 5.74) is 8.10. The minimum atomic E-state index is 0.00491. The fourth-order valence-corrected chi connectivity index (χ4v) is 2.00. The van der Waals surface area contributed by atoms with Gasteiger partial charge in [-0.1, -0.05) is 0 Å². The number of carbonyl (C=O) groups is 1. The first-order valence-electron chi connectivity index (χ1n) is 5.69. The monoisotopic (exact) mass is 218 g/mol. The molecular formula is C13H18N2O. The first-order valence-corrected chi connectivity index (χ1v) is 5.69. The zero-order valence-corrected chi connectivity index (χ0v) is 9.84. The van der Waals surface area contributed by atoms with E-state index >= 15 is 0 Å². The summed E-state index contributed by atoms with van der Waals surface area (Å²) in [7, 11) is 0. The van der Waals surface area contributed by atoms with Crippen LogP contribution in [0.2, 0.25) is 0 Å². The number of nitrogen functional groups attached to an aromatic ring is 1. The van der Waals surface area contributed by atoms with E-state index in [1.807, 2.05) is 13.0 Å². The molecule has 2 rings (SSSR count). The average Bonchev–Trinajstić information content (AvgIpc) is 2.19. The van der Waals surface area contributed by atoms with Gasteiger partial charge in [-0.05, 0) is 56.9 Å². The summed E-state index contributed by atoms with van der Waals surface area (Å²) in [4.78, 5) is 12.0. The van der Waals surface area contributed by atoms with Gasteiger partial charge in [0.2, 0.25) is 0 Å². The van der Waals surface area contributed by atoms with Crippen LogP contribution < -0.4 is 11.1 Å². The normalized spacial score (nSPS) is 17.6. The molecule has 1 aliphatic carbocycles. The van der Waals surface area contributed by atoms with E-state index in [4.69, 9.17) is 5.73 Å². The molecule has 0 saturated heterocycles. The lowest BCUT2D eigenvalue weighted by atomic mass is 9.78. The summed E-state index contributed by atoms with van der Waals surface area (Å²) in [6.07, 6.45) is 3.36. The summed E-state index contributed by atoms with van der Waals surface area (Å²) in [5, 5.41) is 3.08. The summed E-state index contributed by atoms with van der Waals surface area (Å²) < 4.78 is 0. The molecule has 1 saturated carbocycles. The van der Waals surface area contributed by atoms with Gasteiger partial charge in [0.1, 0.15) is 0 Å². The third-order valence-electron chi connectivity index (χ3n) is 3.40. The SMILES string of the molecule is Cc1cc(C(=O)NC2(C)CCC2)ccc1N. The molecule has 3 nitrogen and oxygen atoms in total. The van der Waals surface area contributed by atoms with Crippen LogP contribution in [-0.2, 0) is 0 Å². The highest BCUT2D eigenvalue weighted by Gasteiger charge is 2.33. The molecule has 3 heteroatoms. The van der Waals surface area contributed by atoms with E-state index in [2.05, 4.69) is 12.2 Å². The van der Waals surface area contributed by atoms with Gasteiger partial charge >= 0.3 is 0 Å². The maximum absolute atomic E-state index is 12.0. The van der Waals surface area contributed by atoms with Gasteiger partial charge in [-0.3, -0.25) is 4.79 Å². The predicted octanol–water partition coefficient (Wildman–Crippen LogP) is 2.25. The second kappa shape index (κ2) is 3.81. The van der Waals surface area contributed by atoms with Crippen molar-refractivity contribution < 1.29 is 4.79 Å². The lowest BCUT2D eigenvalue weighted by Gasteiger charge is -2.39. The minimum Gasteiger partial charge on any atom is -0.399 e. The van der Waals surface area contributed by atoms with Crippen molar-refractivity contribution in [2.24, 2.45) is 0 Å². The number of nitrogens with one attached hydrogen (secondary N) is 1. The smallest absolute Gasteiger partial charge is 0.251 e. The fourth-order valence-electron chi connectivity index (χ4n) is 2.00. The second-order valence-corrected chi connectivity index (χ2v) is 4.94. The molecule has 3 N–H and O–H groups in total. The molecule has 0 spiro atoms. The Labute approximate surface area is 96.0 Å². The number of benzene rings is 1. The lowest BCUT2D eigenvalue weighted by molar-refractivity contribution is 0.0850. The molecule has 16 heavy (non-hydrogen) atoms. The van der Waals surface area contributed by atoms with Crippen molar-refractivity contribution in [3.63, 3.8) is 0 Å². The molecule has 0 aromatic heterocycles. The minimum absolute atomic E-state index is 0.00491. The van der Waals surface area contributed by atoms with Crippen LogP contribution in [0, 0.1) is 6.92 Å². The van der Waals surface area contributed by atoms with E-state index in [9.17, 15) is 4.79 Å². The number of amides is 1. The van der Waals surface area contributed by atoms with Crippen LogP contribution in [0.3, 0.4) is 0 Å². The topological polar surface area (TPSA) is 55.1 Å². The molecule has 1 aliphatic rings. The van der Waals surface area contributed by atoms with E-state index in [1.54, 1.807) is 12.1 Å². The highest BCUT2D eigenvalue weighted by atomic mass is 16.1.